The molecule has 0 aliphatic rings. The van der Waals surface area contributed by atoms with Crippen molar-refractivity contribution in [2.24, 2.45) is 0 Å². The molecule has 0 bridgehead atoms. The van der Waals surface area contributed by atoms with Crippen LogP contribution in [0.15, 0.2) is 70.4 Å². The Morgan fingerprint density at radius 3 is 2.52 bits per heavy atom. The van der Waals surface area contributed by atoms with E-state index in [1.54, 1.807) is 12.3 Å². The van der Waals surface area contributed by atoms with Crippen molar-refractivity contribution in [3.8, 4) is 11.6 Å². The maximum Gasteiger partial charge on any atom is 0.234 e. The van der Waals surface area contributed by atoms with Crippen molar-refractivity contribution in [1.82, 2.24) is 14.8 Å². The van der Waals surface area contributed by atoms with E-state index in [-0.39, 0.29) is 11.7 Å². The molecule has 1 amide bonds. The number of thioether (sulfide) groups is 1. The van der Waals surface area contributed by atoms with Gasteiger partial charge in [-0.3, -0.25) is 9.36 Å². The van der Waals surface area contributed by atoms with Crippen molar-refractivity contribution in [2.75, 3.05) is 11.1 Å². The molecule has 0 saturated heterocycles. The van der Waals surface area contributed by atoms with Gasteiger partial charge in [0, 0.05) is 0 Å². The van der Waals surface area contributed by atoms with Crippen LogP contribution in [0.3, 0.4) is 0 Å². The Kier molecular flexibility index (Phi) is 6.87. The second-order valence-corrected chi connectivity index (χ2v) is 8.60. The summed E-state index contributed by atoms with van der Waals surface area (Å²) in [6.45, 7) is 0.534. The first-order valence-electron chi connectivity index (χ1n) is 9.09. The molecular weight excluding hydrogens is 479 g/mol. The molecule has 1 N–H and O–H groups in total. The Morgan fingerprint density at radius 2 is 1.77 bits per heavy atom. The van der Waals surface area contributed by atoms with Gasteiger partial charge in [0.25, 0.3) is 0 Å². The number of furan rings is 1. The second-order valence-electron chi connectivity index (χ2n) is 6.44. The van der Waals surface area contributed by atoms with E-state index in [9.17, 15) is 4.79 Å². The molecule has 0 radical (unpaired) electrons. The molecular formula is C21H15Cl3N4O2S. The number of rotatable bonds is 7. The first-order chi connectivity index (χ1) is 15.0. The Bertz CT molecular complexity index is 1200. The quantitative estimate of drug-likeness (QED) is 0.242. The molecule has 2 heterocycles. The summed E-state index contributed by atoms with van der Waals surface area (Å²) in [5.74, 6) is 1.02. The summed E-state index contributed by atoms with van der Waals surface area (Å²) in [7, 11) is 0. The van der Waals surface area contributed by atoms with Gasteiger partial charge in [-0.1, -0.05) is 76.9 Å². The number of benzene rings is 2. The zero-order valence-corrected chi connectivity index (χ0v) is 19.0. The van der Waals surface area contributed by atoms with Gasteiger partial charge < -0.3 is 9.73 Å². The number of nitrogens with zero attached hydrogens (tertiary/aromatic N) is 3. The van der Waals surface area contributed by atoms with Gasteiger partial charge in [0.15, 0.2) is 10.9 Å². The van der Waals surface area contributed by atoms with Gasteiger partial charge in [-0.2, -0.15) is 0 Å². The largest absolute Gasteiger partial charge is 0.461 e. The summed E-state index contributed by atoms with van der Waals surface area (Å²) in [5.41, 5.74) is 1.47. The summed E-state index contributed by atoms with van der Waals surface area (Å²) in [5, 5.41) is 12.8. The van der Waals surface area contributed by atoms with E-state index in [4.69, 9.17) is 39.2 Å². The van der Waals surface area contributed by atoms with E-state index >= 15 is 0 Å². The lowest BCUT2D eigenvalue weighted by atomic mass is 10.2. The fourth-order valence-electron chi connectivity index (χ4n) is 2.83. The summed E-state index contributed by atoms with van der Waals surface area (Å²) in [6, 6.07) is 16.5. The summed E-state index contributed by atoms with van der Waals surface area (Å²) in [4.78, 5) is 12.5. The highest BCUT2D eigenvalue weighted by atomic mass is 35.5. The zero-order chi connectivity index (χ0) is 21.8. The van der Waals surface area contributed by atoms with Gasteiger partial charge >= 0.3 is 0 Å². The van der Waals surface area contributed by atoms with Crippen molar-refractivity contribution in [3.05, 3.63) is 81.5 Å². The van der Waals surface area contributed by atoms with Crippen LogP contribution < -0.4 is 5.32 Å². The number of anilines is 1. The fraction of sp³-hybridized carbons (Fsp3) is 0.0952. The predicted octanol–water partition coefficient (Wildman–Crippen LogP) is 6.28. The molecule has 2 aromatic carbocycles. The topological polar surface area (TPSA) is 73.0 Å². The van der Waals surface area contributed by atoms with E-state index in [0.29, 0.717) is 44.0 Å². The number of carbonyl (C=O) groups excluding carboxylic acids is 1. The molecule has 0 saturated carbocycles. The monoisotopic (exact) mass is 492 g/mol. The van der Waals surface area contributed by atoms with Crippen LogP contribution in [0.25, 0.3) is 11.6 Å². The molecule has 4 rings (SSSR count). The van der Waals surface area contributed by atoms with Crippen LogP contribution in [0, 0.1) is 0 Å². The minimum atomic E-state index is -0.265. The maximum absolute atomic E-state index is 12.5. The number of nitrogens with one attached hydrogen (secondary N) is 1. The Labute approximate surface area is 197 Å². The van der Waals surface area contributed by atoms with Gasteiger partial charge in [0.2, 0.25) is 11.7 Å². The summed E-state index contributed by atoms with van der Waals surface area (Å²) >= 11 is 19.3. The summed E-state index contributed by atoms with van der Waals surface area (Å²) < 4.78 is 7.41. The number of amides is 1. The van der Waals surface area contributed by atoms with Gasteiger partial charge in [-0.05, 0) is 29.8 Å². The molecule has 31 heavy (non-hydrogen) atoms. The van der Waals surface area contributed by atoms with Crippen LogP contribution in [0.5, 0.6) is 0 Å². The molecule has 0 aliphatic carbocycles. The molecule has 158 valence electrons. The third kappa shape index (κ3) is 5.25. The SMILES string of the molecule is O=C(CSc1nnc(-c2ccco2)n1Cc1ccccc1)Nc1cc(Cl)c(Cl)cc1Cl. The third-order valence-electron chi connectivity index (χ3n) is 4.26. The van der Waals surface area contributed by atoms with Gasteiger partial charge in [0.05, 0.1) is 39.3 Å². The maximum atomic E-state index is 12.5. The highest BCUT2D eigenvalue weighted by Gasteiger charge is 2.18. The molecule has 10 heteroatoms. The molecule has 0 aliphatic heterocycles. The lowest BCUT2D eigenvalue weighted by molar-refractivity contribution is -0.113. The zero-order valence-electron chi connectivity index (χ0n) is 15.9. The van der Waals surface area contributed by atoms with E-state index in [2.05, 4.69) is 15.5 Å². The highest BCUT2D eigenvalue weighted by Crippen LogP contribution is 2.32. The van der Waals surface area contributed by atoms with Crippen LogP contribution >= 0.6 is 46.6 Å². The van der Waals surface area contributed by atoms with Crippen molar-refractivity contribution in [2.45, 2.75) is 11.7 Å². The van der Waals surface area contributed by atoms with Crippen LogP contribution in [0.1, 0.15) is 5.56 Å². The van der Waals surface area contributed by atoms with Crippen LogP contribution in [0.4, 0.5) is 5.69 Å². The smallest absolute Gasteiger partial charge is 0.234 e. The molecule has 0 fully saturated rings. The summed E-state index contributed by atoms with van der Waals surface area (Å²) in [6.07, 6.45) is 1.58. The number of hydrogen-bond donors (Lipinski definition) is 1. The Hall–Kier alpha value is -2.45. The highest BCUT2D eigenvalue weighted by molar-refractivity contribution is 7.99. The molecule has 0 atom stereocenters. The molecule has 0 spiro atoms. The number of halogens is 3. The van der Waals surface area contributed by atoms with Crippen LogP contribution in [0.2, 0.25) is 15.1 Å². The van der Waals surface area contributed by atoms with Crippen LogP contribution in [-0.4, -0.2) is 26.4 Å². The van der Waals surface area contributed by atoms with Gasteiger partial charge in [-0.25, -0.2) is 0 Å². The molecule has 4 aromatic rings. The lowest BCUT2D eigenvalue weighted by Gasteiger charge is -2.10. The van der Waals surface area contributed by atoms with E-state index in [1.165, 1.54) is 23.9 Å². The van der Waals surface area contributed by atoms with Gasteiger partial charge in [-0.15, -0.1) is 10.2 Å². The Morgan fingerprint density at radius 1 is 1.00 bits per heavy atom. The number of carbonyl (C=O) groups is 1. The van der Waals surface area contributed by atoms with E-state index < -0.39 is 0 Å². The number of aromatic nitrogens is 3. The molecule has 0 unspecified atom stereocenters. The first-order valence-corrected chi connectivity index (χ1v) is 11.2. The van der Waals surface area contributed by atoms with E-state index in [0.717, 1.165) is 5.56 Å². The van der Waals surface area contributed by atoms with Crippen molar-refractivity contribution >= 4 is 58.2 Å². The second kappa shape index (κ2) is 9.78. The van der Waals surface area contributed by atoms with E-state index in [1.807, 2.05) is 41.0 Å². The van der Waals surface area contributed by atoms with Crippen molar-refractivity contribution in [1.29, 1.82) is 0 Å². The fourth-order valence-corrected chi connectivity index (χ4v) is 4.16. The minimum absolute atomic E-state index is 0.0989. The Balaban J connectivity index is 1.52. The third-order valence-corrected chi connectivity index (χ3v) is 6.26. The average molecular weight is 494 g/mol. The lowest BCUT2D eigenvalue weighted by Crippen LogP contribution is -2.15. The molecule has 6 nitrogen and oxygen atoms in total. The first kappa shape index (κ1) is 21.8. The number of hydrogen-bond acceptors (Lipinski definition) is 5. The molecule has 2 aromatic heterocycles. The normalized spacial score (nSPS) is 10.9. The van der Waals surface area contributed by atoms with Gasteiger partial charge in [0.1, 0.15) is 0 Å². The van der Waals surface area contributed by atoms with Crippen molar-refractivity contribution < 1.29 is 9.21 Å². The minimum Gasteiger partial charge on any atom is -0.461 e. The predicted molar refractivity (Wildman–Crippen MR) is 124 cm³/mol. The van der Waals surface area contributed by atoms with Crippen LogP contribution in [-0.2, 0) is 11.3 Å². The van der Waals surface area contributed by atoms with Crippen molar-refractivity contribution in [3.63, 3.8) is 0 Å². The standard InChI is InChI=1S/C21H15Cl3N4O2S/c22-14-9-16(24)17(10-15(14)23)25-19(29)12-31-21-27-26-20(18-7-4-8-30-18)28(21)11-13-5-2-1-3-6-13/h1-10H,11-12H2,(H,25,29). The average Bonchev–Trinajstić information content (AvgIpc) is 3.41.